The van der Waals surface area contributed by atoms with Gasteiger partial charge in [-0.2, -0.15) is 0 Å². The second-order valence-corrected chi connectivity index (χ2v) is 9.03. The fourth-order valence-corrected chi connectivity index (χ4v) is 4.04. The molecule has 2 aromatic rings. The predicted molar refractivity (Wildman–Crippen MR) is 113 cm³/mol. The molecule has 5 nitrogen and oxygen atoms in total. The molecule has 28 heavy (non-hydrogen) atoms. The molecule has 2 aromatic carbocycles. The minimum Gasteiger partial charge on any atom is -0.444 e. The van der Waals surface area contributed by atoms with Crippen molar-refractivity contribution < 1.29 is 14.3 Å². The molecule has 0 spiro atoms. The monoisotopic (exact) mass is 418 g/mol. The average molecular weight is 419 g/mol. The molecular weight excluding hydrogens is 396 g/mol. The minimum atomic E-state index is -0.681. The summed E-state index contributed by atoms with van der Waals surface area (Å²) in [5.74, 6) is 0.268. The van der Waals surface area contributed by atoms with Crippen LogP contribution in [0.5, 0.6) is 0 Å². The van der Waals surface area contributed by atoms with Crippen LogP contribution in [0.1, 0.15) is 26.3 Å². The minimum absolute atomic E-state index is 0.168. The number of nitrogens with zero attached hydrogens (tertiary/aromatic N) is 1. The number of halogens is 1. The van der Waals surface area contributed by atoms with Gasteiger partial charge in [-0.1, -0.05) is 35.9 Å². The number of hydrogen-bond acceptors (Lipinski definition) is 4. The summed E-state index contributed by atoms with van der Waals surface area (Å²) >= 11 is 7.52. The Hall–Kier alpha value is -2.18. The van der Waals surface area contributed by atoms with Crippen LogP contribution < -0.4 is 10.2 Å². The average Bonchev–Trinajstić information content (AvgIpc) is 2.74. The number of para-hydroxylation sites is 1. The van der Waals surface area contributed by atoms with Crippen LogP contribution in [-0.2, 0) is 16.1 Å². The largest absolute Gasteiger partial charge is 0.444 e. The summed E-state index contributed by atoms with van der Waals surface area (Å²) in [7, 11) is 0. The van der Waals surface area contributed by atoms with Crippen molar-refractivity contribution in [3.05, 3.63) is 59.1 Å². The third kappa shape index (κ3) is 5.20. The van der Waals surface area contributed by atoms with Crippen LogP contribution in [-0.4, -0.2) is 29.4 Å². The van der Waals surface area contributed by atoms with Crippen LogP contribution in [0.25, 0.3) is 0 Å². The number of rotatable bonds is 3. The number of benzene rings is 2. The number of carbonyl (C=O) groups is 2. The topological polar surface area (TPSA) is 58.6 Å². The van der Waals surface area contributed by atoms with Crippen molar-refractivity contribution in [3.63, 3.8) is 0 Å². The van der Waals surface area contributed by atoms with E-state index in [-0.39, 0.29) is 5.91 Å². The first kappa shape index (κ1) is 20.6. The SMILES string of the molecule is CC(C)(C)OC(=O)N[C@H]1CSc2ccccc2N(Cc2ccc(Cl)cc2)C1=O. The fraction of sp³-hybridized carbons (Fsp3) is 0.333. The van der Waals surface area contributed by atoms with E-state index in [0.29, 0.717) is 17.3 Å². The predicted octanol–water partition coefficient (Wildman–Crippen LogP) is 4.87. The molecule has 2 amide bonds. The normalized spacial score (nSPS) is 16.9. The second kappa shape index (κ2) is 8.45. The third-order valence-electron chi connectivity index (χ3n) is 4.07. The molecule has 0 saturated heterocycles. The van der Waals surface area contributed by atoms with Gasteiger partial charge in [0.2, 0.25) is 0 Å². The van der Waals surface area contributed by atoms with Crippen molar-refractivity contribution in [3.8, 4) is 0 Å². The summed E-state index contributed by atoms with van der Waals surface area (Å²) in [6, 6.07) is 14.5. The lowest BCUT2D eigenvalue weighted by Gasteiger charge is -2.27. The number of fused-ring (bicyclic) bond motifs is 1. The van der Waals surface area contributed by atoms with E-state index in [0.717, 1.165) is 16.1 Å². The zero-order chi connectivity index (χ0) is 20.3. The second-order valence-electron chi connectivity index (χ2n) is 7.53. The van der Waals surface area contributed by atoms with Crippen LogP contribution in [0.15, 0.2) is 53.4 Å². The van der Waals surface area contributed by atoms with E-state index in [2.05, 4.69) is 5.32 Å². The van der Waals surface area contributed by atoms with Gasteiger partial charge in [0.1, 0.15) is 11.6 Å². The molecule has 0 aromatic heterocycles. The molecule has 0 radical (unpaired) electrons. The Bertz CT molecular complexity index is 865. The highest BCUT2D eigenvalue weighted by Crippen LogP contribution is 2.35. The summed E-state index contributed by atoms with van der Waals surface area (Å²) in [4.78, 5) is 28.2. The van der Waals surface area contributed by atoms with Crippen LogP contribution in [0.3, 0.4) is 0 Å². The van der Waals surface area contributed by atoms with E-state index < -0.39 is 17.7 Å². The van der Waals surface area contributed by atoms with E-state index >= 15 is 0 Å². The first-order chi connectivity index (χ1) is 13.2. The smallest absolute Gasteiger partial charge is 0.408 e. The van der Waals surface area contributed by atoms with Gasteiger partial charge in [0.05, 0.1) is 12.2 Å². The first-order valence-electron chi connectivity index (χ1n) is 9.00. The van der Waals surface area contributed by atoms with Crippen molar-refractivity contribution in [1.29, 1.82) is 0 Å². The molecule has 0 saturated carbocycles. The number of alkyl carbamates (subject to hydrolysis) is 1. The molecule has 1 atom stereocenters. The molecule has 7 heteroatoms. The molecule has 148 valence electrons. The van der Waals surface area contributed by atoms with Gasteiger partial charge in [-0.3, -0.25) is 4.79 Å². The molecule has 0 bridgehead atoms. The molecular formula is C21H23ClN2O3S. The van der Waals surface area contributed by atoms with Crippen molar-refractivity contribution in [2.24, 2.45) is 0 Å². The van der Waals surface area contributed by atoms with Gasteiger partial charge in [-0.05, 0) is 50.6 Å². The number of thioether (sulfide) groups is 1. The molecule has 0 unspecified atom stereocenters. The Balaban J connectivity index is 1.86. The maximum absolute atomic E-state index is 13.3. The van der Waals surface area contributed by atoms with Gasteiger partial charge in [0, 0.05) is 15.7 Å². The molecule has 0 fully saturated rings. The molecule has 1 heterocycles. The van der Waals surface area contributed by atoms with Crippen LogP contribution in [0.2, 0.25) is 5.02 Å². The molecule has 0 aliphatic carbocycles. The number of nitrogens with one attached hydrogen (secondary N) is 1. The van der Waals surface area contributed by atoms with E-state index in [1.165, 1.54) is 0 Å². The van der Waals surface area contributed by atoms with Crippen LogP contribution in [0, 0.1) is 0 Å². The maximum Gasteiger partial charge on any atom is 0.408 e. The van der Waals surface area contributed by atoms with Crippen LogP contribution in [0.4, 0.5) is 10.5 Å². The van der Waals surface area contributed by atoms with Gasteiger partial charge in [0.15, 0.2) is 0 Å². The van der Waals surface area contributed by atoms with Gasteiger partial charge < -0.3 is 15.0 Å². The number of carbonyl (C=O) groups excluding carboxylic acids is 2. The molecule has 1 aliphatic rings. The van der Waals surface area contributed by atoms with Crippen molar-refractivity contribution in [2.75, 3.05) is 10.7 Å². The standard InChI is InChI=1S/C21H23ClN2O3S/c1-21(2,3)27-20(26)23-16-13-28-18-7-5-4-6-17(18)24(19(16)25)12-14-8-10-15(22)11-9-14/h4-11,16H,12-13H2,1-3H3,(H,23,26)/t16-/m0/s1. The number of amides is 2. The molecule has 3 rings (SSSR count). The summed E-state index contributed by atoms with van der Waals surface area (Å²) < 4.78 is 5.33. The van der Waals surface area contributed by atoms with Gasteiger partial charge in [-0.15, -0.1) is 11.8 Å². The summed E-state index contributed by atoms with van der Waals surface area (Å²) in [6.07, 6.45) is -0.594. The Morgan fingerprint density at radius 3 is 2.57 bits per heavy atom. The number of hydrogen-bond donors (Lipinski definition) is 1. The Kier molecular flexibility index (Phi) is 6.20. The Morgan fingerprint density at radius 1 is 1.21 bits per heavy atom. The number of anilines is 1. The summed E-state index contributed by atoms with van der Waals surface area (Å²) in [5.41, 5.74) is 1.16. The fourth-order valence-electron chi connectivity index (χ4n) is 2.84. The highest BCUT2D eigenvalue weighted by Gasteiger charge is 2.33. The van der Waals surface area contributed by atoms with Crippen molar-refractivity contribution >= 4 is 41.1 Å². The van der Waals surface area contributed by atoms with Crippen LogP contribution >= 0.6 is 23.4 Å². The zero-order valence-electron chi connectivity index (χ0n) is 16.1. The maximum atomic E-state index is 13.3. The third-order valence-corrected chi connectivity index (χ3v) is 5.48. The highest BCUT2D eigenvalue weighted by molar-refractivity contribution is 7.99. The molecule has 1 N–H and O–H groups in total. The van der Waals surface area contributed by atoms with E-state index in [9.17, 15) is 9.59 Å². The molecule has 1 aliphatic heterocycles. The lowest BCUT2D eigenvalue weighted by atomic mass is 10.1. The van der Waals surface area contributed by atoms with E-state index in [4.69, 9.17) is 16.3 Å². The lowest BCUT2D eigenvalue weighted by Crippen LogP contribution is -2.50. The van der Waals surface area contributed by atoms with E-state index in [1.807, 2.05) is 36.4 Å². The zero-order valence-corrected chi connectivity index (χ0v) is 17.6. The Labute approximate surface area is 174 Å². The summed E-state index contributed by atoms with van der Waals surface area (Å²) in [5, 5.41) is 3.38. The summed E-state index contributed by atoms with van der Waals surface area (Å²) in [6.45, 7) is 5.76. The number of ether oxygens (including phenoxy) is 1. The lowest BCUT2D eigenvalue weighted by molar-refractivity contribution is -0.120. The van der Waals surface area contributed by atoms with Crippen molar-refractivity contribution in [1.82, 2.24) is 5.32 Å². The quantitative estimate of drug-likeness (QED) is 0.772. The first-order valence-corrected chi connectivity index (χ1v) is 10.4. The van der Waals surface area contributed by atoms with Gasteiger partial charge in [0.25, 0.3) is 5.91 Å². The highest BCUT2D eigenvalue weighted by atomic mass is 35.5. The van der Waals surface area contributed by atoms with E-state index in [1.54, 1.807) is 49.6 Å². The van der Waals surface area contributed by atoms with Crippen molar-refractivity contribution in [2.45, 2.75) is 43.9 Å². The Morgan fingerprint density at radius 2 is 1.89 bits per heavy atom. The van der Waals surface area contributed by atoms with Gasteiger partial charge in [-0.25, -0.2) is 4.79 Å². The van der Waals surface area contributed by atoms with Gasteiger partial charge >= 0.3 is 6.09 Å².